The maximum atomic E-state index is 12.0. The Morgan fingerprint density at radius 1 is 1.26 bits per heavy atom. The second kappa shape index (κ2) is 9.66. The van der Waals surface area contributed by atoms with Crippen molar-refractivity contribution >= 4 is 29.1 Å². The summed E-state index contributed by atoms with van der Waals surface area (Å²) in [5.74, 6) is 0.855. The molecule has 1 aliphatic rings. The van der Waals surface area contributed by atoms with Crippen LogP contribution in [0, 0.1) is 0 Å². The zero-order valence-electron chi connectivity index (χ0n) is 16.3. The van der Waals surface area contributed by atoms with E-state index in [2.05, 4.69) is 10.3 Å². The number of carbonyl (C=O) groups is 1. The Balaban J connectivity index is 2.15. The predicted molar refractivity (Wildman–Crippen MR) is 108 cm³/mol. The van der Waals surface area contributed by atoms with Gasteiger partial charge < -0.3 is 24.4 Å². The first-order valence-corrected chi connectivity index (χ1v) is 9.24. The Bertz CT molecular complexity index is 677. The lowest BCUT2D eigenvalue weighted by atomic mass is 10.2. The van der Waals surface area contributed by atoms with E-state index in [9.17, 15) is 4.79 Å². The number of hydrogen-bond donors (Lipinski definition) is 1. The van der Waals surface area contributed by atoms with Gasteiger partial charge in [-0.05, 0) is 57.3 Å². The number of ether oxygens (including phenoxy) is 3. The molecule has 0 radical (unpaired) electrons. The van der Waals surface area contributed by atoms with E-state index in [1.54, 1.807) is 7.11 Å². The SMILES string of the molecule is COc1ccc(C(=NCC(=O)OC(C)(C)C)NC(=S)N2CCOCC2)cc1. The molecule has 0 aromatic heterocycles. The van der Waals surface area contributed by atoms with Crippen LogP contribution in [0.5, 0.6) is 5.75 Å². The first-order valence-electron chi connectivity index (χ1n) is 8.83. The Morgan fingerprint density at radius 2 is 1.89 bits per heavy atom. The Hall–Kier alpha value is -2.19. The van der Waals surface area contributed by atoms with E-state index in [4.69, 9.17) is 26.4 Å². The molecule has 0 saturated carbocycles. The van der Waals surface area contributed by atoms with Crippen molar-refractivity contribution in [2.75, 3.05) is 40.0 Å². The van der Waals surface area contributed by atoms with Gasteiger partial charge in [-0.1, -0.05) is 0 Å². The first-order chi connectivity index (χ1) is 12.8. The third kappa shape index (κ3) is 7.15. The standard InChI is InChI=1S/C19H27N3O4S/c1-19(2,3)26-16(23)13-20-17(14-5-7-15(24-4)8-6-14)21-18(27)22-9-11-25-12-10-22/h5-8H,9-13H2,1-4H3,(H,20,21,27). The topological polar surface area (TPSA) is 72.4 Å². The molecule has 0 spiro atoms. The molecule has 0 aliphatic carbocycles. The highest BCUT2D eigenvalue weighted by molar-refractivity contribution is 7.80. The van der Waals surface area contributed by atoms with Gasteiger partial charge in [0.05, 0.1) is 20.3 Å². The van der Waals surface area contributed by atoms with Gasteiger partial charge in [-0.25, -0.2) is 0 Å². The zero-order chi connectivity index (χ0) is 19.9. The van der Waals surface area contributed by atoms with Crippen molar-refractivity contribution in [3.05, 3.63) is 29.8 Å². The van der Waals surface area contributed by atoms with Gasteiger partial charge in [0.2, 0.25) is 0 Å². The molecule has 0 bridgehead atoms. The quantitative estimate of drug-likeness (QED) is 0.363. The molecule has 7 nitrogen and oxygen atoms in total. The molecule has 148 valence electrons. The van der Waals surface area contributed by atoms with Crippen molar-refractivity contribution in [3.63, 3.8) is 0 Å². The van der Waals surface area contributed by atoms with Gasteiger partial charge in [0, 0.05) is 18.7 Å². The number of esters is 1. The number of aliphatic imine (C=N–C) groups is 1. The molecule has 1 saturated heterocycles. The molecule has 1 heterocycles. The lowest BCUT2D eigenvalue weighted by Crippen LogP contribution is -2.48. The van der Waals surface area contributed by atoms with Crippen molar-refractivity contribution < 1.29 is 19.0 Å². The van der Waals surface area contributed by atoms with Crippen molar-refractivity contribution in [1.82, 2.24) is 10.2 Å². The second-order valence-corrected chi connectivity index (χ2v) is 7.40. The average molecular weight is 394 g/mol. The third-order valence-electron chi connectivity index (χ3n) is 3.67. The molecule has 1 aromatic rings. The van der Waals surface area contributed by atoms with E-state index >= 15 is 0 Å². The monoisotopic (exact) mass is 393 g/mol. The van der Waals surface area contributed by atoms with Crippen molar-refractivity contribution in [3.8, 4) is 5.75 Å². The minimum atomic E-state index is -0.552. The number of carbonyl (C=O) groups excluding carboxylic acids is 1. The number of morpholine rings is 1. The van der Waals surface area contributed by atoms with Crippen LogP contribution in [0.15, 0.2) is 29.3 Å². The first kappa shape index (κ1) is 21.1. The molecule has 1 aromatic carbocycles. The van der Waals surface area contributed by atoms with Gasteiger partial charge >= 0.3 is 5.97 Å². The summed E-state index contributed by atoms with van der Waals surface area (Å²) in [4.78, 5) is 18.5. The summed E-state index contributed by atoms with van der Waals surface area (Å²) in [6, 6.07) is 7.39. The maximum Gasteiger partial charge on any atom is 0.328 e. The number of methoxy groups -OCH3 is 1. The van der Waals surface area contributed by atoms with Crippen LogP contribution in [-0.2, 0) is 14.3 Å². The Morgan fingerprint density at radius 3 is 2.44 bits per heavy atom. The highest BCUT2D eigenvalue weighted by atomic mass is 32.1. The number of amidine groups is 1. The van der Waals surface area contributed by atoms with Crippen LogP contribution in [0.25, 0.3) is 0 Å². The average Bonchev–Trinajstić information content (AvgIpc) is 2.64. The summed E-state index contributed by atoms with van der Waals surface area (Å²) in [6.07, 6.45) is 0. The summed E-state index contributed by atoms with van der Waals surface area (Å²) in [5, 5.41) is 3.71. The predicted octanol–water partition coefficient (Wildman–Crippen LogP) is 1.99. The van der Waals surface area contributed by atoms with Gasteiger partial charge in [-0.3, -0.25) is 9.79 Å². The summed E-state index contributed by atoms with van der Waals surface area (Å²) >= 11 is 5.50. The van der Waals surface area contributed by atoms with E-state index in [1.165, 1.54) is 0 Å². The smallest absolute Gasteiger partial charge is 0.328 e. The maximum absolute atomic E-state index is 12.0. The highest BCUT2D eigenvalue weighted by Gasteiger charge is 2.18. The van der Waals surface area contributed by atoms with Gasteiger partial charge in [0.25, 0.3) is 0 Å². The fraction of sp³-hybridized carbons (Fsp3) is 0.526. The highest BCUT2D eigenvalue weighted by Crippen LogP contribution is 2.12. The largest absolute Gasteiger partial charge is 0.497 e. The molecule has 2 rings (SSSR count). The van der Waals surface area contributed by atoms with E-state index in [0.717, 1.165) is 11.3 Å². The minimum Gasteiger partial charge on any atom is -0.497 e. The van der Waals surface area contributed by atoms with Crippen LogP contribution in [0.1, 0.15) is 26.3 Å². The number of rotatable bonds is 4. The number of nitrogens with zero attached hydrogens (tertiary/aromatic N) is 2. The number of benzene rings is 1. The normalized spacial score (nSPS) is 15.3. The second-order valence-electron chi connectivity index (χ2n) is 7.01. The van der Waals surface area contributed by atoms with Gasteiger partial charge in [-0.15, -0.1) is 0 Å². The molecular weight excluding hydrogens is 366 g/mol. The van der Waals surface area contributed by atoms with Crippen molar-refractivity contribution in [2.45, 2.75) is 26.4 Å². The van der Waals surface area contributed by atoms with Crippen LogP contribution in [0.2, 0.25) is 0 Å². The molecule has 0 amide bonds. The number of nitrogens with one attached hydrogen (secondary N) is 1. The lowest BCUT2D eigenvalue weighted by Gasteiger charge is -2.29. The number of hydrogen-bond acceptors (Lipinski definition) is 6. The molecular formula is C19H27N3O4S. The van der Waals surface area contributed by atoms with E-state index in [-0.39, 0.29) is 6.54 Å². The Labute approximate surface area is 165 Å². The lowest BCUT2D eigenvalue weighted by molar-refractivity contribution is -0.152. The summed E-state index contributed by atoms with van der Waals surface area (Å²) < 4.78 is 15.9. The molecule has 27 heavy (non-hydrogen) atoms. The summed E-state index contributed by atoms with van der Waals surface area (Å²) in [7, 11) is 1.61. The van der Waals surface area contributed by atoms with Crippen LogP contribution in [-0.4, -0.2) is 67.4 Å². The Kier molecular flexibility index (Phi) is 7.55. The van der Waals surface area contributed by atoms with E-state index in [0.29, 0.717) is 37.3 Å². The molecule has 1 aliphatic heterocycles. The minimum absolute atomic E-state index is 0.0998. The van der Waals surface area contributed by atoms with Gasteiger partial charge in [0.15, 0.2) is 5.11 Å². The van der Waals surface area contributed by atoms with E-state index < -0.39 is 11.6 Å². The fourth-order valence-corrected chi connectivity index (χ4v) is 2.70. The molecule has 1 N–H and O–H groups in total. The van der Waals surface area contributed by atoms with Crippen LogP contribution in [0.3, 0.4) is 0 Å². The molecule has 1 fully saturated rings. The molecule has 0 atom stereocenters. The van der Waals surface area contributed by atoms with Crippen molar-refractivity contribution in [2.24, 2.45) is 4.99 Å². The van der Waals surface area contributed by atoms with Gasteiger partial charge in [-0.2, -0.15) is 0 Å². The van der Waals surface area contributed by atoms with Crippen molar-refractivity contribution in [1.29, 1.82) is 0 Å². The number of thiocarbonyl (C=S) groups is 1. The van der Waals surface area contributed by atoms with Crippen LogP contribution in [0.4, 0.5) is 0 Å². The zero-order valence-corrected chi connectivity index (χ0v) is 17.1. The summed E-state index contributed by atoms with van der Waals surface area (Å²) in [6.45, 7) is 8.07. The molecule has 0 unspecified atom stereocenters. The molecule has 8 heteroatoms. The van der Waals surface area contributed by atoms with Gasteiger partial charge in [0.1, 0.15) is 23.7 Å². The third-order valence-corrected chi connectivity index (χ3v) is 4.03. The fourth-order valence-electron chi connectivity index (χ4n) is 2.42. The van der Waals surface area contributed by atoms with Crippen LogP contribution < -0.4 is 10.1 Å². The van der Waals surface area contributed by atoms with Crippen LogP contribution >= 0.6 is 12.2 Å². The van der Waals surface area contributed by atoms with E-state index in [1.807, 2.05) is 49.9 Å². The summed E-state index contributed by atoms with van der Waals surface area (Å²) in [5.41, 5.74) is 0.249.